The number of hydrogen-bond donors (Lipinski definition) is 1. The smallest absolute Gasteiger partial charge is 0.253 e. The van der Waals surface area contributed by atoms with E-state index in [4.69, 9.17) is 11.6 Å². The van der Waals surface area contributed by atoms with E-state index in [1.54, 1.807) is 12.1 Å². The molecule has 0 fully saturated rings. The minimum absolute atomic E-state index is 0.0972. The van der Waals surface area contributed by atoms with Crippen LogP contribution >= 0.6 is 11.6 Å². The van der Waals surface area contributed by atoms with Crippen molar-refractivity contribution in [1.29, 1.82) is 0 Å². The number of benzene rings is 2. The Hall–Kier alpha value is -1.80. The van der Waals surface area contributed by atoms with Gasteiger partial charge in [0.15, 0.2) is 0 Å². The van der Waals surface area contributed by atoms with Crippen LogP contribution in [0.4, 0.5) is 0 Å². The fourth-order valence-corrected chi connectivity index (χ4v) is 2.81. The Kier molecular flexibility index (Phi) is 3.26. The lowest BCUT2D eigenvalue weighted by molar-refractivity contribution is 0.0937. The minimum atomic E-state index is -0.104. The lowest BCUT2D eigenvalue weighted by Crippen LogP contribution is -2.27. The molecule has 1 aliphatic rings. The Morgan fingerprint density at radius 3 is 2.68 bits per heavy atom. The summed E-state index contributed by atoms with van der Waals surface area (Å²) in [7, 11) is 0. The summed E-state index contributed by atoms with van der Waals surface area (Å²) in [5, 5.41) is 3.56. The lowest BCUT2D eigenvalue weighted by atomic mass is 10.1. The first kappa shape index (κ1) is 12.2. The number of aryl methyl sites for hydroxylation is 1. The SMILES string of the molecule is O=C(NC1CCc2ccccc21)c1ccccc1Cl. The van der Waals surface area contributed by atoms with E-state index in [0.29, 0.717) is 10.6 Å². The fourth-order valence-electron chi connectivity index (χ4n) is 2.59. The molecule has 0 aliphatic heterocycles. The van der Waals surface area contributed by atoms with Crippen LogP contribution in [-0.2, 0) is 6.42 Å². The zero-order valence-electron chi connectivity index (χ0n) is 10.4. The van der Waals surface area contributed by atoms with Crippen LogP contribution in [0.15, 0.2) is 48.5 Å². The van der Waals surface area contributed by atoms with Gasteiger partial charge in [0.25, 0.3) is 5.91 Å². The third kappa shape index (κ3) is 2.36. The van der Waals surface area contributed by atoms with Crippen molar-refractivity contribution in [2.45, 2.75) is 18.9 Å². The third-order valence-electron chi connectivity index (χ3n) is 3.56. The molecule has 19 heavy (non-hydrogen) atoms. The molecule has 1 N–H and O–H groups in total. The predicted octanol–water partition coefficient (Wildman–Crippen LogP) is 3.76. The maximum atomic E-state index is 12.2. The van der Waals surface area contributed by atoms with Gasteiger partial charge < -0.3 is 5.32 Å². The second-order valence-electron chi connectivity index (χ2n) is 4.74. The van der Waals surface area contributed by atoms with Crippen LogP contribution in [0.1, 0.15) is 33.9 Å². The molecule has 3 heteroatoms. The summed E-state index contributed by atoms with van der Waals surface area (Å²) in [5.41, 5.74) is 3.09. The largest absolute Gasteiger partial charge is 0.345 e. The molecule has 96 valence electrons. The van der Waals surface area contributed by atoms with Gasteiger partial charge in [0.1, 0.15) is 0 Å². The first-order chi connectivity index (χ1) is 9.25. The Morgan fingerprint density at radius 1 is 1.11 bits per heavy atom. The Labute approximate surface area is 117 Å². The number of rotatable bonds is 2. The molecule has 0 radical (unpaired) electrons. The number of amides is 1. The zero-order chi connectivity index (χ0) is 13.2. The van der Waals surface area contributed by atoms with Crippen LogP contribution in [0, 0.1) is 0 Å². The van der Waals surface area contributed by atoms with E-state index in [2.05, 4.69) is 17.4 Å². The monoisotopic (exact) mass is 271 g/mol. The average Bonchev–Trinajstić information content (AvgIpc) is 2.83. The van der Waals surface area contributed by atoms with Crippen LogP contribution < -0.4 is 5.32 Å². The summed E-state index contributed by atoms with van der Waals surface area (Å²) >= 11 is 6.04. The van der Waals surface area contributed by atoms with Crippen molar-refractivity contribution in [2.24, 2.45) is 0 Å². The molecular formula is C16H14ClNO. The van der Waals surface area contributed by atoms with Crippen molar-refractivity contribution < 1.29 is 4.79 Å². The number of halogens is 1. The quantitative estimate of drug-likeness (QED) is 0.885. The van der Waals surface area contributed by atoms with Gasteiger partial charge in [-0.05, 0) is 36.1 Å². The highest BCUT2D eigenvalue weighted by molar-refractivity contribution is 6.33. The van der Waals surface area contributed by atoms with E-state index in [1.165, 1.54) is 11.1 Å². The summed E-state index contributed by atoms with van der Waals surface area (Å²) in [6.45, 7) is 0. The van der Waals surface area contributed by atoms with Gasteiger partial charge in [0.2, 0.25) is 0 Å². The molecule has 0 aromatic heterocycles. The number of nitrogens with one attached hydrogen (secondary N) is 1. The summed E-state index contributed by atoms with van der Waals surface area (Å²) in [6.07, 6.45) is 1.97. The van der Waals surface area contributed by atoms with Crippen molar-refractivity contribution in [1.82, 2.24) is 5.32 Å². The molecule has 0 saturated heterocycles. The molecule has 1 atom stereocenters. The van der Waals surface area contributed by atoms with Gasteiger partial charge in [-0.25, -0.2) is 0 Å². The molecule has 1 amide bonds. The van der Waals surface area contributed by atoms with Crippen LogP contribution in [0.2, 0.25) is 5.02 Å². The van der Waals surface area contributed by atoms with Gasteiger partial charge in [-0.2, -0.15) is 0 Å². The molecular weight excluding hydrogens is 258 g/mol. The second-order valence-corrected chi connectivity index (χ2v) is 5.15. The van der Waals surface area contributed by atoms with Gasteiger partial charge in [-0.15, -0.1) is 0 Å². The highest BCUT2D eigenvalue weighted by atomic mass is 35.5. The predicted molar refractivity (Wildman–Crippen MR) is 76.4 cm³/mol. The van der Waals surface area contributed by atoms with E-state index in [9.17, 15) is 4.79 Å². The van der Waals surface area contributed by atoms with E-state index in [-0.39, 0.29) is 11.9 Å². The van der Waals surface area contributed by atoms with Crippen LogP contribution in [0.25, 0.3) is 0 Å². The molecule has 0 heterocycles. The normalized spacial score (nSPS) is 17.0. The van der Waals surface area contributed by atoms with E-state index >= 15 is 0 Å². The first-order valence-electron chi connectivity index (χ1n) is 6.39. The average molecular weight is 272 g/mol. The van der Waals surface area contributed by atoms with Gasteiger partial charge in [-0.1, -0.05) is 48.0 Å². The topological polar surface area (TPSA) is 29.1 Å². The summed E-state index contributed by atoms with van der Waals surface area (Å²) in [6, 6.07) is 15.5. The summed E-state index contributed by atoms with van der Waals surface area (Å²) in [5.74, 6) is -0.104. The summed E-state index contributed by atoms with van der Waals surface area (Å²) < 4.78 is 0. The van der Waals surface area contributed by atoms with Crippen LogP contribution in [0.3, 0.4) is 0 Å². The van der Waals surface area contributed by atoms with E-state index < -0.39 is 0 Å². The molecule has 0 bridgehead atoms. The molecule has 1 aliphatic carbocycles. The molecule has 0 saturated carbocycles. The second kappa shape index (κ2) is 5.06. The Bertz CT molecular complexity index is 624. The van der Waals surface area contributed by atoms with Crippen LogP contribution in [0.5, 0.6) is 0 Å². The molecule has 3 rings (SSSR count). The fraction of sp³-hybridized carbons (Fsp3) is 0.188. The van der Waals surface area contributed by atoms with Gasteiger partial charge in [0.05, 0.1) is 16.6 Å². The zero-order valence-corrected chi connectivity index (χ0v) is 11.2. The number of carbonyl (C=O) groups is 1. The maximum Gasteiger partial charge on any atom is 0.253 e. The minimum Gasteiger partial charge on any atom is -0.345 e. The molecule has 2 aromatic rings. The Morgan fingerprint density at radius 2 is 1.84 bits per heavy atom. The van der Waals surface area contributed by atoms with Gasteiger partial charge >= 0.3 is 0 Å². The highest BCUT2D eigenvalue weighted by Crippen LogP contribution is 2.31. The van der Waals surface area contributed by atoms with Crippen molar-refractivity contribution in [2.75, 3.05) is 0 Å². The third-order valence-corrected chi connectivity index (χ3v) is 3.89. The lowest BCUT2D eigenvalue weighted by Gasteiger charge is -2.14. The molecule has 1 unspecified atom stereocenters. The number of fused-ring (bicyclic) bond motifs is 1. The molecule has 2 aromatic carbocycles. The van der Waals surface area contributed by atoms with Crippen molar-refractivity contribution in [3.8, 4) is 0 Å². The van der Waals surface area contributed by atoms with Crippen molar-refractivity contribution >= 4 is 17.5 Å². The van der Waals surface area contributed by atoms with Crippen molar-refractivity contribution in [3.63, 3.8) is 0 Å². The van der Waals surface area contributed by atoms with Crippen LogP contribution in [-0.4, -0.2) is 5.91 Å². The molecule has 0 spiro atoms. The maximum absolute atomic E-state index is 12.2. The standard InChI is InChI=1S/C16H14ClNO/c17-14-8-4-3-7-13(14)16(19)18-15-10-9-11-5-1-2-6-12(11)15/h1-8,15H,9-10H2,(H,18,19). The first-order valence-corrected chi connectivity index (χ1v) is 6.76. The van der Waals surface area contributed by atoms with Crippen molar-refractivity contribution in [3.05, 3.63) is 70.2 Å². The van der Waals surface area contributed by atoms with Gasteiger partial charge in [-0.3, -0.25) is 4.79 Å². The van der Waals surface area contributed by atoms with E-state index in [0.717, 1.165) is 12.8 Å². The number of carbonyl (C=O) groups excluding carboxylic acids is 1. The summed E-state index contributed by atoms with van der Waals surface area (Å²) in [4.78, 5) is 12.2. The molecule has 2 nitrogen and oxygen atoms in total. The Balaban J connectivity index is 1.81. The highest BCUT2D eigenvalue weighted by Gasteiger charge is 2.24. The van der Waals surface area contributed by atoms with Gasteiger partial charge in [0, 0.05) is 0 Å². The number of hydrogen-bond acceptors (Lipinski definition) is 1. The van der Waals surface area contributed by atoms with E-state index in [1.807, 2.05) is 24.3 Å².